The van der Waals surface area contributed by atoms with E-state index in [9.17, 15) is 4.79 Å². The molecule has 1 heterocycles. The highest BCUT2D eigenvalue weighted by atomic mass is 16.5. The van der Waals surface area contributed by atoms with Crippen molar-refractivity contribution in [3.63, 3.8) is 0 Å². The average Bonchev–Trinajstić information content (AvgIpc) is 2.63. The molecule has 1 fully saturated rings. The number of hydrogen-bond acceptors (Lipinski definition) is 3. The summed E-state index contributed by atoms with van der Waals surface area (Å²) < 4.78 is 5.99. The van der Waals surface area contributed by atoms with Gasteiger partial charge in [-0.3, -0.25) is 4.79 Å². The van der Waals surface area contributed by atoms with Crippen molar-refractivity contribution in [2.45, 2.75) is 57.5 Å². The summed E-state index contributed by atoms with van der Waals surface area (Å²) in [4.78, 5) is 14.2. The fourth-order valence-electron chi connectivity index (χ4n) is 3.19. The molecule has 2 N–H and O–H groups in total. The number of carbonyl (C=O) groups excluding carboxylic acids is 1. The maximum atomic E-state index is 12.2. The molecular formula is C20H32N2O2. The molecule has 0 unspecified atom stereocenters. The van der Waals surface area contributed by atoms with Gasteiger partial charge in [0.1, 0.15) is 0 Å². The molecule has 4 nitrogen and oxygen atoms in total. The van der Waals surface area contributed by atoms with E-state index in [0.717, 1.165) is 71.2 Å². The van der Waals surface area contributed by atoms with Crippen molar-refractivity contribution in [1.82, 2.24) is 4.90 Å². The molecule has 0 spiro atoms. The highest BCUT2D eigenvalue weighted by Gasteiger charge is 2.22. The van der Waals surface area contributed by atoms with E-state index in [0.29, 0.717) is 18.4 Å². The normalized spacial score (nSPS) is 15.6. The average molecular weight is 332 g/mol. The van der Waals surface area contributed by atoms with Gasteiger partial charge in [0.15, 0.2) is 0 Å². The molecule has 1 aliphatic heterocycles. The van der Waals surface area contributed by atoms with Crippen molar-refractivity contribution < 1.29 is 9.53 Å². The van der Waals surface area contributed by atoms with Crippen LogP contribution in [-0.2, 0) is 16.0 Å². The highest BCUT2D eigenvalue weighted by Crippen LogP contribution is 2.16. The van der Waals surface area contributed by atoms with Crippen LogP contribution in [0.25, 0.3) is 0 Å². The Morgan fingerprint density at radius 3 is 2.50 bits per heavy atom. The summed E-state index contributed by atoms with van der Waals surface area (Å²) in [7, 11) is 0. The third kappa shape index (κ3) is 7.02. The fraction of sp³-hybridized carbons (Fsp3) is 0.650. The number of benzene rings is 1. The SMILES string of the molecule is NCCCCCCC(=O)N1CCC(OCCc2ccccc2)CC1. The molecule has 0 saturated carbocycles. The van der Waals surface area contributed by atoms with Gasteiger partial charge in [-0.05, 0) is 44.2 Å². The van der Waals surface area contributed by atoms with Crippen LogP contribution in [0.1, 0.15) is 50.5 Å². The number of amides is 1. The summed E-state index contributed by atoms with van der Waals surface area (Å²) in [6.07, 6.45) is 8.20. The van der Waals surface area contributed by atoms with Gasteiger partial charge in [-0.1, -0.05) is 43.2 Å². The summed E-state index contributed by atoms with van der Waals surface area (Å²) in [5.41, 5.74) is 6.80. The number of likely N-dealkylation sites (tertiary alicyclic amines) is 1. The number of carbonyl (C=O) groups is 1. The van der Waals surface area contributed by atoms with E-state index in [4.69, 9.17) is 10.5 Å². The highest BCUT2D eigenvalue weighted by molar-refractivity contribution is 5.76. The van der Waals surface area contributed by atoms with Crippen molar-refractivity contribution in [2.24, 2.45) is 5.73 Å². The Hall–Kier alpha value is -1.39. The lowest BCUT2D eigenvalue weighted by Gasteiger charge is -2.32. The molecule has 0 bridgehead atoms. The second-order valence-electron chi connectivity index (χ2n) is 6.64. The van der Waals surface area contributed by atoms with Gasteiger partial charge in [0.05, 0.1) is 12.7 Å². The Balaban J connectivity index is 1.55. The molecule has 2 rings (SSSR count). The maximum absolute atomic E-state index is 12.2. The van der Waals surface area contributed by atoms with Crippen molar-refractivity contribution in [3.05, 3.63) is 35.9 Å². The van der Waals surface area contributed by atoms with Gasteiger partial charge in [0.25, 0.3) is 0 Å². The Kier molecular flexibility index (Phi) is 8.85. The number of piperidine rings is 1. The van der Waals surface area contributed by atoms with E-state index < -0.39 is 0 Å². The van der Waals surface area contributed by atoms with Crippen LogP contribution in [0.15, 0.2) is 30.3 Å². The van der Waals surface area contributed by atoms with E-state index in [1.807, 2.05) is 11.0 Å². The first-order valence-electron chi connectivity index (χ1n) is 9.43. The molecule has 4 heteroatoms. The molecule has 1 aliphatic rings. The van der Waals surface area contributed by atoms with Crippen molar-refractivity contribution >= 4 is 5.91 Å². The number of unbranched alkanes of at least 4 members (excludes halogenated alkanes) is 3. The quantitative estimate of drug-likeness (QED) is 0.670. The van der Waals surface area contributed by atoms with E-state index in [-0.39, 0.29) is 0 Å². The molecule has 1 aromatic rings. The van der Waals surface area contributed by atoms with Gasteiger partial charge >= 0.3 is 0 Å². The van der Waals surface area contributed by atoms with Crippen LogP contribution in [0.2, 0.25) is 0 Å². The van der Waals surface area contributed by atoms with E-state index in [1.165, 1.54) is 5.56 Å². The van der Waals surface area contributed by atoms with E-state index in [1.54, 1.807) is 0 Å². The third-order valence-electron chi connectivity index (χ3n) is 4.73. The molecular weight excluding hydrogens is 300 g/mol. The van der Waals surface area contributed by atoms with Gasteiger partial charge in [0, 0.05) is 19.5 Å². The van der Waals surface area contributed by atoms with Crippen molar-refractivity contribution in [1.29, 1.82) is 0 Å². The first-order valence-corrected chi connectivity index (χ1v) is 9.43. The Morgan fingerprint density at radius 2 is 1.79 bits per heavy atom. The number of hydrogen-bond donors (Lipinski definition) is 1. The van der Waals surface area contributed by atoms with Gasteiger partial charge < -0.3 is 15.4 Å². The molecule has 134 valence electrons. The van der Waals surface area contributed by atoms with Crippen LogP contribution >= 0.6 is 0 Å². The smallest absolute Gasteiger partial charge is 0.222 e. The minimum absolute atomic E-state index is 0.308. The van der Waals surface area contributed by atoms with E-state index >= 15 is 0 Å². The fourth-order valence-corrected chi connectivity index (χ4v) is 3.19. The predicted molar refractivity (Wildman–Crippen MR) is 97.8 cm³/mol. The molecule has 24 heavy (non-hydrogen) atoms. The lowest BCUT2D eigenvalue weighted by molar-refractivity contribution is -0.133. The minimum atomic E-state index is 0.308. The summed E-state index contributed by atoms with van der Waals surface area (Å²) in [6, 6.07) is 10.4. The van der Waals surface area contributed by atoms with Crippen molar-refractivity contribution in [2.75, 3.05) is 26.2 Å². The molecule has 0 aliphatic carbocycles. The zero-order valence-electron chi connectivity index (χ0n) is 14.8. The monoisotopic (exact) mass is 332 g/mol. The van der Waals surface area contributed by atoms with Crippen LogP contribution in [0, 0.1) is 0 Å². The van der Waals surface area contributed by atoms with Crippen LogP contribution in [0.3, 0.4) is 0 Å². The lowest BCUT2D eigenvalue weighted by Crippen LogP contribution is -2.40. The van der Waals surface area contributed by atoms with Crippen molar-refractivity contribution in [3.8, 4) is 0 Å². The standard InChI is InChI=1S/C20H32N2O2/c21-14-7-2-1-6-10-20(23)22-15-11-19(12-16-22)24-17-13-18-8-4-3-5-9-18/h3-5,8-9,19H,1-2,6-7,10-17,21H2. The molecule has 0 aromatic heterocycles. The second kappa shape index (κ2) is 11.2. The van der Waals surface area contributed by atoms with Gasteiger partial charge in [-0.15, -0.1) is 0 Å². The zero-order valence-corrected chi connectivity index (χ0v) is 14.8. The summed E-state index contributed by atoms with van der Waals surface area (Å²) in [6.45, 7) is 3.21. The van der Waals surface area contributed by atoms with Crippen LogP contribution < -0.4 is 5.73 Å². The maximum Gasteiger partial charge on any atom is 0.222 e. The molecule has 0 radical (unpaired) electrons. The first-order chi connectivity index (χ1) is 11.8. The summed E-state index contributed by atoms with van der Waals surface area (Å²) >= 11 is 0. The first kappa shape index (κ1) is 18.9. The number of nitrogens with zero attached hydrogens (tertiary/aromatic N) is 1. The van der Waals surface area contributed by atoms with Crippen LogP contribution in [0.5, 0.6) is 0 Å². The van der Waals surface area contributed by atoms with Gasteiger partial charge in [-0.25, -0.2) is 0 Å². The van der Waals surface area contributed by atoms with E-state index in [2.05, 4.69) is 24.3 Å². The Morgan fingerprint density at radius 1 is 1.08 bits per heavy atom. The molecule has 0 atom stereocenters. The predicted octanol–water partition coefficient (Wildman–Crippen LogP) is 3.15. The third-order valence-corrected chi connectivity index (χ3v) is 4.73. The Labute approximate surface area is 146 Å². The minimum Gasteiger partial charge on any atom is -0.378 e. The van der Waals surface area contributed by atoms with Crippen LogP contribution in [-0.4, -0.2) is 43.2 Å². The molecule has 1 saturated heterocycles. The molecule has 1 amide bonds. The topological polar surface area (TPSA) is 55.6 Å². The number of nitrogens with two attached hydrogens (primary N) is 1. The number of rotatable bonds is 10. The van der Waals surface area contributed by atoms with Crippen LogP contribution in [0.4, 0.5) is 0 Å². The molecule has 1 aromatic carbocycles. The second-order valence-corrected chi connectivity index (χ2v) is 6.64. The van der Waals surface area contributed by atoms with Gasteiger partial charge in [-0.2, -0.15) is 0 Å². The Bertz CT molecular complexity index is 456. The number of ether oxygens (including phenoxy) is 1. The lowest BCUT2D eigenvalue weighted by atomic mass is 10.1. The van der Waals surface area contributed by atoms with Gasteiger partial charge in [0.2, 0.25) is 5.91 Å². The largest absolute Gasteiger partial charge is 0.378 e. The zero-order chi connectivity index (χ0) is 17.0. The summed E-state index contributed by atoms with van der Waals surface area (Å²) in [5.74, 6) is 0.311. The summed E-state index contributed by atoms with van der Waals surface area (Å²) in [5, 5.41) is 0.